The van der Waals surface area contributed by atoms with E-state index in [1.807, 2.05) is 0 Å². The zero-order chi connectivity index (χ0) is 10.6. The van der Waals surface area contributed by atoms with Gasteiger partial charge in [-0.25, -0.2) is 0 Å². The first-order valence-electron chi connectivity index (χ1n) is 6.12. The molecule has 0 spiro atoms. The van der Waals surface area contributed by atoms with Gasteiger partial charge in [-0.1, -0.05) is 44.1 Å². The zero-order valence-electron chi connectivity index (χ0n) is 9.86. The maximum Gasteiger partial charge on any atom is -0.00773 e. The first kappa shape index (κ1) is 13.7. The number of hydrogen-bond donors (Lipinski definition) is 1. The number of allylic oxidation sites excluding steroid dienone is 1. The number of hydrogen-bond acceptors (Lipinski definition) is 1. The summed E-state index contributed by atoms with van der Waals surface area (Å²) in [6.45, 7) is 6.89. The van der Waals surface area contributed by atoms with Crippen LogP contribution in [0.3, 0.4) is 0 Å². The molecule has 2 N–H and O–H groups in total. The van der Waals surface area contributed by atoms with Crippen LogP contribution in [-0.4, -0.2) is 6.54 Å². The molecule has 0 aromatic rings. The molecule has 14 heavy (non-hydrogen) atoms. The van der Waals surface area contributed by atoms with Crippen LogP contribution >= 0.6 is 0 Å². The molecule has 0 radical (unpaired) electrons. The summed E-state index contributed by atoms with van der Waals surface area (Å²) in [6.07, 6.45) is 12.0. The maximum absolute atomic E-state index is 5.43. The summed E-state index contributed by atoms with van der Waals surface area (Å²) in [5.74, 6) is 0. The van der Waals surface area contributed by atoms with E-state index in [1.165, 1.54) is 63.4 Å². The monoisotopic (exact) mass is 197 g/mol. The Morgan fingerprint density at radius 1 is 0.857 bits per heavy atom. The van der Waals surface area contributed by atoms with Gasteiger partial charge in [-0.3, -0.25) is 0 Å². The molecule has 1 nitrogen and oxygen atoms in total. The quantitative estimate of drug-likeness (QED) is 0.415. The second kappa shape index (κ2) is 10.8. The summed E-state index contributed by atoms with van der Waals surface area (Å²) in [4.78, 5) is 0. The van der Waals surface area contributed by atoms with Gasteiger partial charge in [0.15, 0.2) is 0 Å². The van der Waals surface area contributed by atoms with E-state index in [0.717, 1.165) is 6.54 Å². The Morgan fingerprint density at radius 2 is 1.29 bits per heavy atom. The number of nitrogens with two attached hydrogens (primary N) is 1. The Balaban J connectivity index is 2.88. The molecule has 1 heteroatoms. The zero-order valence-corrected chi connectivity index (χ0v) is 9.86. The van der Waals surface area contributed by atoms with Crippen molar-refractivity contribution in [2.24, 2.45) is 5.73 Å². The fraction of sp³-hybridized carbons (Fsp3) is 0.846. The normalized spacial score (nSPS) is 10.4. The first-order valence-corrected chi connectivity index (χ1v) is 6.12. The van der Waals surface area contributed by atoms with E-state index in [9.17, 15) is 0 Å². The molecular formula is C13H27N. The molecule has 0 heterocycles. The van der Waals surface area contributed by atoms with E-state index < -0.39 is 0 Å². The minimum atomic E-state index is 0.860. The van der Waals surface area contributed by atoms with Gasteiger partial charge in [0.1, 0.15) is 0 Å². The van der Waals surface area contributed by atoms with Gasteiger partial charge in [0.05, 0.1) is 0 Å². The fourth-order valence-corrected chi connectivity index (χ4v) is 1.63. The van der Waals surface area contributed by atoms with E-state index in [0.29, 0.717) is 0 Å². The lowest BCUT2D eigenvalue weighted by molar-refractivity contribution is 0.569. The Hall–Kier alpha value is -0.300. The highest BCUT2D eigenvalue weighted by molar-refractivity contribution is 4.86. The van der Waals surface area contributed by atoms with Crippen LogP contribution in [0.2, 0.25) is 0 Å². The molecule has 0 bridgehead atoms. The molecule has 0 amide bonds. The molecule has 0 aliphatic rings. The molecule has 0 saturated carbocycles. The van der Waals surface area contributed by atoms with E-state index >= 15 is 0 Å². The molecule has 0 aliphatic carbocycles. The van der Waals surface area contributed by atoms with Crippen molar-refractivity contribution in [2.75, 3.05) is 6.54 Å². The van der Waals surface area contributed by atoms with Crippen molar-refractivity contribution in [3.8, 4) is 0 Å². The summed E-state index contributed by atoms with van der Waals surface area (Å²) < 4.78 is 0. The first-order chi connectivity index (χ1) is 6.77. The lowest BCUT2D eigenvalue weighted by Crippen LogP contribution is -1.97. The van der Waals surface area contributed by atoms with Gasteiger partial charge in [-0.05, 0) is 32.7 Å². The fourth-order valence-electron chi connectivity index (χ4n) is 1.63. The van der Waals surface area contributed by atoms with E-state index in [2.05, 4.69) is 13.5 Å². The Kier molecular flexibility index (Phi) is 10.5. The molecular weight excluding hydrogens is 170 g/mol. The van der Waals surface area contributed by atoms with Gasteiger partial charge in [0.2, 0.25) is 0 Å². The molecule has 0 aromatic heterocycles. The van der Waals surface area contributed by atoms with Crippen LogP contribution in [0.1, 0.15) is 64.7 Å². The molecule has 0 unspecified atom stereocenters. The third-order valence-electron chi connectivity index (χ3n) is 2.56. The Morgan fingerprint density at radius 3 is 1.71 bits per heavy atom. The van der Waals surface area contributed by atoms with E-state index in [-0.39, 0.29) is 0 Å². The van der Waals surface area contributed by atoms with Crippen molar-refractivity contribution in [1.82, 2.24) is 0 Å². The topological polar surface area (TPSA) is 26.0 Å². The lowest BCUT2D eigenvalue weighted by atomic mass is 10.1. The van der Waals surface area contributed by atoms with Crippen LogP contribution in [0, 0.1) is 0 Å². The van der Waals surface area contributed by atoms with E-state index in [1.54, 1.807) is 0 Å². The summed E-state index contributed by atoms with van der Waals surface area (Å²) >= 11 is 0. The van der Waals surface area contributed by atoms with Crippen molar-refractivity contribution >= 4 is 0 Å². The van der Waals surface area contributed by atoms with E-state index in [4.69, 9.17) is 5.73 Å². The highest BCUT2D eigenvalue weighted by Gasteiger charge is 1.92. The average Bonchev–Trinajstić information content (AvgIpc) is 2.15. The second-order valence-electron chi connectivity index (χ2n) is 4.32. The molecule has 0 atom stereocenters. The molecule has 0 aromatic carbocycles. The van der Waals surface area contributed by atoms with Gasteiger partial charge < -0.3 is 5.73 Å². The van der Waals surface area contributed by atoms with Crippen LogP contribution in [-0.2, 0) is 0 Å². The van der Waals surface area contributed by atoms with Crippen molar-refractivity contribution in [2.45, 2.75) is 64.7 Å². The van der Waals surface area contributed by atoms with Gasteiger partial charge in [0.25, 0.3) is 0 Å². The smallest absolute Gasteiger partial charge is 0.00773 e. The minimum Gasteiger partial charge on any atom is -0.330 e. The third-order valence-corrected chi connectivity index (χ3v) is 2.56. The van der Waals surface area contributed by atoms with Gasteiger partial charge in [-0.15, -0.1) is 6.58 Å². The molecule has 0 saturated heterocycles. The predicted octanol–water partition coefficient (Wildman–Crippen LogP) is 4.03. The Bertz CT molecular complexity index is 129. The van der Waals surface area contributed by atoms with Gasteiger partial charge in [-0.2, -0.15) is 0 Å². The molecule has 84 valence electrons. The van der Waals surface area contributed by atoms with Crippen LogP contribution in [0.4, 0.5) is 0 Å². The SMILES string of the molecule is C=C(C)CCCCCCCCCCN. The highest BCUT2D eigenvalue weighted by atomic mass is 14.5. The average molecular weight is 197 g/mol. The van der Waals surface area contributed by atoms with Crippen molar-refractivity contribution in [3.05, 3.63) is 12.2 Å². The molecule has 0 rings (SSSR count). The van der Waals surface area contributed by atoms with Crippen LogP contribution in [0.25, 0.3) is 0 Å². The highest BCUT2D eigenvalue weighted by Crippen LogP contribution is 2.11. The number of unbranched alkanes of at least 4 members (excludes halogenated alkanes) is 7. The second-order valence-corrected chi connectivity index (χ2v) is 4.32. The number of rotatable bonds is 10. The van der Waals surface area contributed by atoms with Crippen molar-refractivity contribution in [3.63, 3.8) is 0 Å². The molecule has 0 aliphatic heterocycles. The third kappa shape index (κ3) is 11.7. The van der Waals surface area contributed by atoms with Gasteiger partial charge >= 0.3 is 0 Å². The van der Waals surface area contributed by atoms with Crippen molar-refractivity contribution < 1.29 is 0 Å². The summed E-state index contributed by atoms with van der Waals surface area (Å²) in [7, 11) is 0. The maximum atomic E-state index is 5.43. The Labute approximate surface area is 89.8 Å². The van der Waals surface area contributed by atoms with Crippen LogP contribution in [0.15, 0.2) is 12.2 Å². The predicted molar refractivity (Wildman–Crippen MR) is 65.4 cm³/mol. The summed E-state index contributed by atoms with van der Waals surface area (Å²) in [5.41, 5.74) is 6.76. The minimum absolute atomic E-state index is 0.860. The molecule has 0 fully saturated rings. The van der Waals surface area contributed by atoms with Crippen LogP contribution < -0.4 is 5.73 Å². The van der Waals surface area contributed by atoms with Gasteiger partial charge in [0, 0.05) is 0 Å². The lowest BCUT2D eigenvalue weighted by Gasteiger charge is -2.01. The standard InChI is InChI=1S/C13H27N/c1-13(2)11-9-7-5-3-4-6-8-10-12-14/h1,3-12,14H2,2H3. The summed E-state index contributed by atoms with van der Waals surface area (Å²) in [5, 5.41) is 0. The van der Waals surface area contributed by atoms with Crippen LogP contribution in [0.5, 0.6) is 0 Å². The largest absolute Gasteiger partial charge is 0.330 e. The summed E-state index contributed by atoms with van der Waals surface area (Å²) in [6, 6.07) is 0. The van der Waals surface area contributed by atoms with Crippen molar-refractivity contribution in [1.29, 1.82) is 0 Å².